The van der Waals surface area contributed by atoms with Crippen molar-refractivity contribution in [2.24, 2.45) is 0 Å². The third-order valence-electron chi connectivity index (χ3n) is 4.03. The molecule has 0 saturated carbocycles. The zero-order valence-corrected chi connectivity index (χ0v) is 14.4. The molecule has 3 rings (SSSR count). The van der Waals surface area contributed by atoms with Crippen LogP contribution in [0, 0.1) is 6.92 Å². The summed E-state index contributed by atoms with van der Waals surface area (Å²) in [7, 11) is 0. The number of piperazine rings is 1. The molecular weight excluding hydrogens is 324 g/mol. The fraction of sp³-hybridized carbons (Fsp3) is 0.333. The minimum Gasteiger partial charge on any atom is -0.459 e. The molecule has 0 unspecified atom stereocenters. The molecule has 1 aromatic heterocycles. The Morgan fingerprint density at radius 1 is 1.04 bits per heavy atom. The van der Waals surface area contributed by atoms with E-state index >= 15 is 0 Å². The quantitative estimate of drug-likeness (QED) is 0.800. The van der Waals surface area contributed by atoms with Gasteiger partial charge in [-0.25, -0.2) is 0 Å². The lowest BCUT2D eigenvalue weighted by molar-refractivity contribution is -0.129. The number of amides is 2. The molecule has 0 spiro atoms. The Kier molecular flexibility index (Phi) is 5.25. The molecule has 1 aliphatic heterocycles. The summed E-state index contributed by atoms with van der Waals surface area (Å²) in [6.45, 7) is 4.27. The summed E-state index contributed by atoms with van der Waals surface area (Å²) >= 11 is 1.55. The zero-order chi connectivity index (χ0) is 16.9. The Hall–Kier alpha value is -2.21. The van der Waals surface area contributed by atoms with Crippen LogP contribution in [0.1, 0.15) is 16.1 Å². The zero-order valence-electron chi connectivity index (χ0n) is 13.6. The molecule has 2 aromatic rings. The van der Waals surface area contributed by atoms with Gasteiger partial charge < -0.3 is 14.2 Å². The largest absolute Gasteiger partial charge is 0.459 e. The van der Waals surface area contributed by atoms with E-state index < -0.39 is 0 Å². The van der Waals surface area contributed by atoms with E-state index in [4.69, 9.17) is 4.42 Å². The van der Waals surface area contributed by atoms with E-state index in [-0.39, 0.29) is 11.8 Å². The molecule has 0 aliphatic carbocycles. The number of aryl methyl sites for hydroxylation is 1. The van der Waals surface area contributed by atoms with Gasteiger partial charge in [0.1, 0.15) is 0 Å². The van der Waals surface area contributed by atoms with Gasteiger partial charge in [0.2, 0.25) is 5.91 Å². The van der Waals surface area contributed by atoms with E-state index in [1.54, 1.807) is 28.8 Å². The third-order valence-corrected chi connectivity index (χ3v) is 5.03. The second kappa shape index (κ2) is 7.57. The molecule has 6 heteroatoms. The van der Waals surface area contributed by atoms with Gasteiger partial charge in [-0.15, -0.1) is 11.8 Å². The standard InChI is InChI=1S/C18H20N2O3S/c1-14-4-6-15(7-5-14)24-13-17(21)19-8-10-20(11-9-19)18(22)16-3-2-12-23-16/h2-7,12H,8-11,13H2,1H3. The van der Waals surface area contributed by atoms with Gasteiger partial charge in [-0.3, -0.25) is 9.59 Å². The van der Waals surface area contributed by atoms with Crippen molar-refractivity contribution in [1.29, 1.82) is 0 Å². The first-order valence-corrected chi connectivity index (χ1v) is 8.92. The smallest absolute Gasteiger partial charge is 0.289 e. The monoisotopic (exact) mass is 344 g/mol. The Labute approximate surface area is 145 Å². The molecule has 1 aliphatic rings. The fourth-order valence-electron chi connectivity index (χ4n) is 2.59. The van der Waals surface area contributed by atoms with Gasteiger partial charge >= 0.3 is 0 Å². The molecule has 0 N–H and O–H groups in total. The lowest BCUT2D eigenvalue weighted by Gasteiger charge is -2.34. The molecule has 24 heavy (non-hydrogen) atoms. The van der Waals surface area contributed by atoms with Crippen LogP contribution in [0.3, 0.4) is 0 Å². The fourth-order valence-corrected chi connectivity index (χ4v) is 3.39. The van der Waals surface area contributed by atoms with Crippen LogP contribution in [0.2, 0.25) is 0 Å². The van der Waals surface area contributed by atoms with Crippen molar-refractivity contribution in [1.82, 2.24) is 9.80 Å². The van der Waals surface area contributed by atoms with Crippen LogP contribution in [0.25, 0.3) is 0 Å². The second-order valence-corrected chi connectivity index (χ2v) is 6.80. The molecule has 0 atom stereocenters. The van der Waals surface area contributed by atoms with Crippen molar-refractivity contribution in [2.75, 3.05) is 31.9 Å². The van der Waals surface area contributed by atoms with E-state index in [0.29, 0.717) is 37.7 Å². The van der Waals surface area contributed by atoms with Crippen LogP contribution >= 0.6 is 11.8 Å². The summed E-state index contributed by atoms with van der Waals surface area (Å²) in [4.78, 5) is 29.2. The third kappa shape index (κ3) is 4.00. The van der Waals surface area contributed by atoms with Gasteiger partial charge in [0, 0.05) is 31.1 Å². The highest BCUT2D eigenvalue weighted by Gasteiger charge is 2.25. The molecule has 1 aromatic carbocycles. The van der Waals surface area contributed by atoms with E-state index in [9.17, 15) is 9.59 Å². The topological polar surface area (TPSA) is 53.8 Å². The van der Waals surface area contributed by atoms with E-state index in [1.807, 2.05) is 36.1 Å². The highest BCUT2D eigenvalue weighted by Crippen LogP contribution is 2.19. The predicted octanol–water partition coefficient (Wildman–Crippen LogP) is 2.66. The van der Waals surface area contributed by atoms with E-state index in [1.165, 1.54) is 11.8 Å². The van der Waals surface area contributed by atoms with Gasteiger partial charge in [0.15, 0.2) is 5.76 Å². The van der Waals surface area contributed by atoms with Crippen LogP contribution in [-0.4, -0.2) is 53.5 Å². The molecule has 126 valence electrons. The number of furan rings is 1. The van der Waals surface area contributed by atoms with Crippen molar-refractivity contribution < 1.29 is 14.0 Å². The summed E-state index contributed by atoms with van der Waals surface area (Å²) in [6, 6.07) is 11.5. The molecule has 0 bridgehead atoms. The van der Waals surface area contributed by atoms with Crippen LogP contribution in [0.5, 0.6) is 0 Å². The minimum atomic E-state index is -0.110. The Balaban J connectivity index is 1.46. The van der Waals surface area contributed by atoms with Crippen molar-refractivity contribution in [3.05, 3.63) is 54.0 Å². The van der Waals surface area contributed by atoms with Crippen LogP contribution in [0.15, 0.2) is 52.0 Å². The normalized spacial score (nSPS) is 14.7. The molecule has 1 fully saturated rings. The van der Waals surface area contributed by atoms with Gasteiger partial charge in [0.05, 0.1) is 12.0 Å². The van der Waals surface area contributed by atoms with Crippen molar-refractivity contribution in [2.45, 2.75) is 11.8 Å². The molecule has 2 amide bonds. The molecule has 2 heterocycles. The van der Waals surface area contributed by atoms with E-state index in [2.05, 4.69) is 0 Å². The summed E-state index contributed by atoms with van der Waals surface area (Å²) < 4.78 is 5.14. The predicted molar refractivity (Wildman–Crippen MR) is 93.1 cm³/mol. The number of carbonyl (C=O) groups is 2. The van der Waals surface area contributed by atoms with E-state index in [0.717, 1.165) is 4.90 Å². The highest BCUT2D eigenvalue weighted by atomic mass is 32.2. The van der Waals surface area contributed by atoms with Gasteiger partial charge in [-0.05, 0) is 31.2 Å². The first kappa shape index (κ1) is 16.6. The van der Waals surface area contributed by atoms with Gasteiger partial charge in [-0.2, -0.15) is 0 Å². The number of hydrogen-bond donors (Lipinski definition) is 0. The number of hydrogen-bond acceptors (Lipinski definition) is 4. The maximum atomic E-state index is 12.3. The lowest BCUT2D eigenvalue weighted by atomic mass is 10.2. The maximum absolute atomic E-state index is 12.3. The summed E-state index contributed by atoms with van der Waals surface area (Å²) in [6.07, 6.45) is 1.50. The maximum Gasteiger partial charge on any atom is 0.289 e. The number of rotatable bonds is 4. The molecular formula is C18H20N2O3S. The minimum absolute atomic E-state index is 0.110. The summed E-state index contributed by atoms with van der Waals surface area (Å²) in [5.41, 5.74) is 1.21. The number of benzene rings is 1. The van der Waals surface area contributed by atoms with Crippen molar-refractivity contribution in [3.8, 4) is 0 Å². The average Bonchev–Trinajstić information content (AvgIpc) is 3.15. The van der Waals surface area contributed by atoms with Crippen LogP contribution < -0.4 is 0 Å². The first-order chi connectivity index (χ1) is 11.6. The first-order valence-electron chi connectivity index (χ1n) is 7.93. The molecule has 0 radical (unpaired) electrons. The number of thioether (sulfide) groups is 1. The van der Waals surface area contributed by atoms with Crippen LogP contribution in [0.4, 0.5) is 0 Å². The Morgan fingerprint density at radius 2 is 1.71 bits per heavy atom. The highest BCUT2D eigenvalue weighted by molar-refractivity contribution is 8.00. The average molecular weight is 344 g/mol. The van der Waals surface area contributed by atoms with Crippen LogP contribution in [-0.2, 0) is 4.79 Å². The lowest BCUT2D eigenvalue weighted by Crippen LogP contribution is -2.51. The molecule has 1 saturated heterocycles. The van der Waals surface area contributed by atoms with Crippen molar-refractivity contribution >= 4 is 23.6 Å². The summed E-state index contributed by atoms with van der Waals surface area (Å²) in [5.74, 6) is 0.784. The van der Waals surface area contributed by atoms with Gasteiger partial charge in [0.25, 0.3) is 5.91 Å². The second-order valence-electron chi connectivity index (χ2n) is 5.75. The number of nitrogens with zero attached hydrogens (tertiary/aromatic N) is 2. The van der Waals surface area contributed by atoms with Gasteiger partial charge in [-0.1, -0.05) is 17.7 Å². The summed E-state index contributed by atoms with van der Waals surface area (Å²) in [5, 5.41) is 0. The Morgan fingerprint density at radius 3 is 2.33 bits per heavy atom. The Bertz CT molecular complexity index is 690. The number of carbonyl (C=O) groups excluding carboxylic acids is 2. The SMILES string of the molecule is Cc1ccc(SCC(=O)N2CCN(C(=O)c3ccco3)CC2)cc1. The van der Waals surface area contributed by atoms with Crippen molar-refractivity contribution in [3.63, 3.8) is 0 Å². The molecule has 5 nitrogen and oxygen atoms in total.